The fourth-order valence-corrected chi connectivity index (χ4v) is 4.58. The summed E-state index contributed by atoms with van der Waals surface area (Å²) in [4.78, 5) is 12.8. The molecule has 0 unspecified atom stereocenters. The second kappa shape index (κ2) is 6.75. The van der Waals surface area contributed by atoms with Crippen molar-refractivity contribution in [1.29, 1.82) is 0 Å². The SMILES string of the molecule is COc1cccc(C(=O)Nc2c3c(nn2-c2ccc(F)cc2)CS(=O)(=O)C3)c1. The number of nitrogens with zero attached hydrogens (tertiary/aromatic N) is 2. The number of ether oxygens (including phenoxy) is 1. The van der Waals surface area contributed by atoms with E-state index in [1.807, 2.05) is 0 Å². The molecular weight excluding hydrogens is 385 g/mol. The third kappa shape index (κ3) is 3.36. The van der Waals surface area contributed by atoms with Crippen molar-refractivity contribution in [3.63, 3.8) is 0 Å². The van der Waals surface area contributed by atoms with Gasteiger partial charge in [0.1, 0.15) is 17.4 Å². The molecule has 1 N–H and O–H groups in total. The Morgan fingerprint density at radius 2 is 1.93 bits per heavy atom. The van der Waals surface area contributed by atoms with E-state index in [0.717, 1.165) is 0 Å². The molecule has 7 nitrogen and oxygen atoms in total. The van der Waals surface area contributed by atoms with Gasteiger partial charge in [0.05, 0.1) is 30.0 Å². The molecule has 0 bridgehead atoms. The maximum absolute atomic E-state index is 13.3. The van der Waals surface area contributed by atoms with Gasteiger partial charge in [-0.25, -0.2) is 17.5 Å². The number of hydrogen-bond donors (Lipinski definition) is 1. The predicted molar refractivity (Wildman–Crippen MR) is 101 cm³/mol. The summed E-state index contributed by atoms with van der Waals surface area (Å²) >= 11 is 0. The van der Waals surface area contributed by atoms with Gasteiger partial charge >= 0.3 is 0 Å². The Kier molecular flexibility index (Phi) is 4.38. The van der Waals surface area contributed by atoms with Gasteiger partial charge in [0.15, 0.2) is 9.84 Å². The van der Waals surface area contributed by atoms with Crippen LogP contribution in [0.1, 0.15) is 21.6 Å². The summed E-state index contributed by atoms with van der Waals surface area (Å²) in [6, 6.07) is 12.1. The van der Waals surface area contributed by atoms with E-state index in [4.69, 9.17) is 4.74 Å². The number of sulfone groups is 1. The van der Waals surface area contributed by atoms with E-state index in [-0.39, 0.29) is 17.3 Å². The average molecular weight is 401 g/mol. The number of aromatic nitrogens is 2. The Morgan fingerprint density at radius 1 is 1.18 bits per heavy atom. The van der Waals surface area contributed by atoms with Crippen molar-refractivity contribution in [2.75, 3.05) is 12.4 Å². The summed E-state index contributed by atoms with van der Waals surface area (Å²) in [5.41, 5.74) is 1.68. The number of nitrogens with one attached hydrogen (secondary N) is 1. The molecule has 0 fully saturated rings. The molecule has 144 valence electrons. The van der Waals surface area contributed by atoms with Crippen LogP contribution in [0.3, 0.4) is 0 Å². The fraction of sp³-hybridized carbons (Fsp3) is 0.158. The van der Waals surface area contributed by atoms with Crippen LogP contribution in [0, 0.1) is 5.82 Å². The first-order chi connectivity index (χ1) is 13.4. The van der Waals surface area contributed by atoms with Gasteiger partial charge in [-0.05, 0) is 42.5 Å². The zero-order valence-electron chi connectivity index (χ0n) is 14.8. The Hall–Kier alpha value is -3.20. The second-order valence-corrected chi connectivity index (χ2v) is 8.44. The normalized spacial score (nSPS) is 14.5. The average Bonchev–Trinajstić information content (AvgIpc) is 3.15. The number of carbonyl (C=O) groups excluding carboxylic acids is 1. The monoisotopic (exact) mass is 401 g/mol. The van der Waals surface area contributed by atoms with Gasteiger partial charge in [0, 0.05) is 11.1 Å². The van der Waals surface area contributed by atoms with Gasteiger partial charge in [-0.1, -0.05) is 6.07 Å². The lowest BCUT2D eigenvalue weighted by Gasteiger charge is -2.11. The maximum Gasteiger partial charge on any atom is 0.256 e. The lowest BCUT2D eigenvalue weighted by Crippen LogP contribution is -2.17. The van der Waals surface area contributed by atoms with Gasteiger partial charge in [-0.3, -0.25) is 4.79 Å². The molecule has 0 atom stereocenters. The fourth-order valence-electron chi connectivity index (χ4n) is 3.08. The van der Waals surface area contributed by atoms with Crippen molar-refractivity contribution < 1.29 is 22.3 Å². The van der Waals surface area contributed by atoms with Crippen LogP contribution in [-0.4, -0.2) is 31.2 Å². The molecule has 0 radical (unpaired) electrons. The zero-order valence-corrected chi connectivity index (χ0v) is 15.7. The quantitative estimate of drug-likeness (QED) is 0.726. The van der Waals surface area contributed by atoms with Gasteiger partial charge < -0.3 is 10.1 Å². The maximum atomic E-state index is 13.3. The van der Waals surface area contributed by atoms with Crippen molar-refractivity contribution in [3.8, 4) is 11.4 Å². The molecule has 1 amide bonds. The number of rotatable bonds is 4. The molecule has 4 rings (SSSR count). The van der Waals surface area contributed by atoms with Gasteiger partial charge in [0.25, 0.3) is 5.91 Å². The van der Waals surface area contributed by atoms with Crippen molar-refractivity contribution >= 4 is 21.6 Å². The van der Waals surface area contributed by atoms with Crippen molar-refractivity contribution in [2.45, 2.75) is 11.5 Å². The van der Waals surface area contributed by atoms with E-state index < -0.39 is 21.6 Å². The first kappa shape index (κ1) is 18.2. The molecule has 2 aromatic carbocycles. The molecule has 0 saturated heterocycles. The third-order valence-electron chi connectivity index (χ3n) is 4.42. The molecule has 28 heavy (non-hydrogen) atoms. The minimum absolute atomic E-state index is 0.196. The third-order valence-corrected chi connectivity index (χ3v) is 5.86. The molecule has 9 heteroatoms. The summed E-state index contributed by atoms with van der Waals surface area (Å²) in [5.74, 6) is -0.472. The molecule has 1 aliphatic heterocycles. The molecule has 1 aliphatic rings. The Balaban J connectivity index is 1.76. The van der Waals surface area contributed by atoms with E-state index in [1.165, 1.54) is 36.1 Å². The number of carbonyl (C=O) groups is 1. The number of halogens is 1. The molecule has 0 spiro atoms. The smallest absolute Gasteiger partial charge is 0.256 e. The second-order valence-electron chi connectivity index (χ2n) is 6.38. The number of hydrogen-bond acceptors (Lipinski definition) is 5. The molecule has 0 aliphatic carbocycles. The summed E-state index contributed by atoms with van der Waals surface area (Å²) < 4.78 is 43.8. The van der Waals surface area contributed by atoms with Crippen LogP contribution in [0.4, 0.5) is 10.2 Å². The number of fused-ring (bicyclic) bond motifs is 1. The van der Waals surface area contributed by atoms with Crippen LogP contribution in [0.15, 0.2) is 48.5 Å². The van der Waals surface area contributed by atoms with Crippen LogP contribution in [0.25, 0.3) is 5.69 Å². The zero-order chi connectivity index (χ0) is 19.9. The summed E-state index contributed by atoms with van der Waals surface area (Å²) in [7, 11) is -1.81. The number of amides is 1. The molecule has 3 aromatic rings. The highest BCUT2D eigenvalue weighted by atomic mass is 32.2. The lowest BCUT2D eigenvalue weighted by atomic mass is 10.2. The standard InChI is InChI=1S/C19H16FN3O4S/c1-27-15-4-2-3-12(9-15)19(24)21-18-16-10-28(25,26)11-17(16)22-23(18)14-7-5-13(20)6-8-14/h2-9H,10-11H2,1H3,(H,21,24). The van der Waals surface area contributed by atoms with E-state index in [1.54, 1.807) is 24.3 Å². The number of benzene rings is 2. The predicted octanol–water partition coefficient (Wildman–Crippen LogP) is 2.70. The van der Waals surface area contributed by atoms with Crippen molar-refractivity contribution in [2.24, 2.45) is 0 Å². The summed E-state index contributed by atoms with van der Waals surface area (Å²) in [6.07, 6.45) is 0. The molecule has 1 aromatic heterocycles. The minimum Gasteiger partial charge on any atom is -0.497 e. The highest BCUT2D eigenvalue weighted by Gasteiger charge is 2.33. The highest BCUT2D eigenvalue weighted by molar-refractivity contribution is 7.90. The van der Waals surface area contributed by atoms with E-state index in [9.17, 15) is 17.6 Å². The minimum atomic E-state index is -3.31. The number of anilines is 1. The Morgan fingerprint density at radius 3 is 2.64 bits per heavy atom. The van der Waals surface area contributed by atoms with Crippen molar-refractivity contribution in [1.82, 2.24) is 9.78 Å². The van der Waals surface area contributed by atoms with E-state index >= 15 is 0 Å². The van der Waals surface area contributed by atoms with Crippen LogP contribution < -0.4 is 10.1 Å². The largest absolute Gasteiger partial charge is 0.497 e. The summed E-state index contributed by atoms with van der Waals surface area (Å²) in [5, 5.41) is 7.10. The number of methoxy groups -OCH3 is 1. The highest BCUT2D eigenvalue weighted by Crippen LogP contribution is 2.33. The lowest BCUT2D eigenvalue weighted by molar-refractivity contribution is 0.102. The van der Waals surface area contributed by atoms with Crippen LogP contribution in [0.5, 0.6) is 5.75 Å². The first-order valence-electron chi connectivity index (χ1n) is 8.39. The molecule has 0 saturated carbocycles. The van der Waals surface area contributed by atoms with E-state index in [0.29, 0.717) is 28.3 Å². The van der Waals surface area contributed by atoms with Crippen LogP contribution in [-0.2, 0) is 21.3 Å². The first-order valence-corrected chi connectivity index (χ1v) is 10.2. The van der Waals surface area contributed by atoms with Gasteiger partial charge in [-0.15, -0.1) is 0 Å². The Bertz CT molecular complexity index is 1170. The molecule has 2 heterocycles. The van der Waals surface area contributed by atoms with Gasteiger partial charge in [-0.2, -0.15) is 5.10 Å². The summed E-state index contributed by atoms with van der Waals surface area (Å²) in [6.45, 7) is 0. The van der Waals surface area contributed by atoms with Crippen LogP contribution in [0.2, 0.25) is 0 Å². The van der Waals surface area contributed by atoms with Crippen molar-refractivity contribution in [3.05, 3.63) is 71.2 Å². The Labute approximate surface area is 160 Å². The van der Waals surface area contributed by atoms with Gasteiger partial charge in [0.2, 0.25) is 0 Å². The van der Waals surface area contributed by atoms with E-state index in [2.05, 4.69) is 10.4 Å². The van der Waals surface area contributed by atoms with Crippen LogP contribution >= 0.6 is 0 Å². The topological polar surface area (TPSA) is 90.3 Å². The molecular formula is C19H16FN3O4S.